The van der Waals surface area contributed by atoms with Gasteiger partial charge in [-0.1, -0.05) is 56.3 Å². The minimum absolute atomic E-state index is 0.0471. The Kier molecular flexibility index (Phi) is 15.2. The van der Waals surface area contributed by atoms with Crippen LogP contribution in [-0.4, -0.2) is 62.6 Å². The molecule has 204 valence electrons. The predicted octanol–water partition coefficient (Wildman–Crippen LogP) is 5.57. The smallest absolute Gasteiger partial charge is 0.289 e. The van der Waals surface area contributed by atoms with Crippen LogP contribution >= 0.6 is 0 Å². The summed E-state index contributed by atoms with van der Waals surface area (Å²) in [5.41, 5.74) is 10.2. The Morgan fingerprint density at radius 3 is 2.35 bits per heavy atom. The first-order valence-corrected chi connectivity index (χ1v) is 12.7. The van der Waals surface area contributed by atoms with Gasteiger partial charge in [-0.25, -0.2) is 0 Å². The molecule has 37 heavy (non-hydrogen) atoms. The van der Waals surface area contributed by atoms with Crippen molar-refractivity contribution in [2.45, 2.75) is 45.9 Å². The lowest BCUT2D eigenvalue weighted by Gasteiger charge is -2.32. The molecule has 2 aromatic rings. The van der Waals surface area contributed by atoms with E-state index in [1.54, 1.807) is 0 Å². The quantitative estimate of drug-likeness (QED) is 0.244. The third kappa shape index (κ3) is 9.81. The number of alkyl halides is 2. The van der Waals surface area contributed by atoms with Crippen molar-refractivity contribution >= 4 is 18.0 Å². The minimum atomic E-state index is -2.67. The van der Waals surface area contributed by atoms with Crippen LogP contribution in [0.5, 0.6) is 0 Å². The molecular weight excluding hydrogens is 470 g/mol. The van der Waals surface area contributed by atoms with Gasteiger partial charge in [-0.15, -0.1) is 13.2 Å². The number of rotatable bonds is 8. The number of hydrogen-bond donors (Lipinski definition) is 3. The third-order valence-corrected chi connectivity index (χ3v) is 6.08. The molecule has 2 heterocycles. The number of halogens is 2. The largest absolute Gasteiger partial charge is 0.388 e. The molecule has 0 amide bonds. The van der Waals surface area contributed by atoms with Crippen LogP contribution in [0.2, 0.25) is 0 Å². The van der Waals surface area contributed by atoms with E-state index in [-0.39, 0.29) is 6.17 Å². The van der Waals surface area contributed by atoms with Crippen molar-refractivity contribution in [3.63, 3.8) is 0 Å². The van der Waals surface area contributed by atoms with Gasteiger partial charge >= 0.3 is 0 Å². The van der Waals surface area contributed by atoms with Crippen molar-refractivity contribution in [3.8, 4) is 0 Å². The second kappa shape index (κ2) is 17.5. The van der Waals surface area contributed by atoms with Crippen LogP contribution in [0.15, 0.2) is 72.8 Å². The monoisotopic (exact) mass is 514 g/mol. The zero-order chi connectivity index (χ0) is 27.8. The van der Waals surface area contributed by atoms with E-state index in [2.05, 4.69) is 113 Å². The highest BCUT2D eigenvalue weighted by Crippen LogP contribution is 2.35. The second-order valence-electron chi connectivity index (χ2n) is 8.21. The summed E-state index contributed by atoms with van der Waals surface area (Å²) in [6.07, 6.45) is 3.40. The Hall–Kier alpha value is -2.91. The molecule has 8 heteroatoms. The molecule has 0 saturated carbocycles. The number of hydrogen-bond acceptors (Lipinski definition) is 6. The SMILES string of the molecule is C=C.C=NC(c1cccc(NC)c1)N1CC=C(c2cccc(CCN3CNC3)c2)C1C.CC.NC(F)F. The molecule has 0 spiro atoms. The summed E-state index contributed by atoms with van der Waals surface area (Å²) in [6.45, 7) is 17.5. The molecule has 6 nitrogen and oxygen atoms in total. The lowest BCUT2D eigenvalue weighted by Crippen LogP contribution is -2.52. The highest BCUT2D eigenvalue weighted by atomic mass is 19.3. The van der Waals surface area contributed by atoms with Gasteiger partial charge in [0.25, 0.3) is 6.55 Å². The average molecular weight is 515 g/mol. The van der Waals surface area contributed by atoms with Crippen LogP contribution in [0, 0.1) is 0 Å². The van der Waals surface area contributed by atoms with E-state index in [9.17, 15) is 8.78 Å². The normalized spacial score (nSPS) is 17.5. The van der Waals surface area contributed by atoms with Gasteiger partial charge < -0.3 is 5.32 Å². The van der Waals surface area contributed by atoms with Crippen molar-refractivity contribution in [1.29, 1.82) is 0 Å². The van der Waals surface area contributed by atoms with Crippen molar-refractivity contribution in [1.82, 2.24) is 15.1 Å². The van der Waals surface area contributed by atoms with Crippen LogP contribution in [-0.2, 0) is 6.42 Å². The van der Waals surface area contributed by atoms with Crippen molar-refractivity contribution in [3.05, 3.63) is 84.5 Å². The predicted molar refractivity (Wildman–Crippen MR) is 155 cm³/mol. The fraction of sp³-hybridized carbons (Fsp3) is 0.414. The number of benzene rings is 2. The standard InChI is InChI=1S/C24H31N5.C2H6.C2H4.CH3F2N/c1-18-23(20-7-4-6-19(14-20)10-12-28-16-27-17-28)11-13-29(18)24(26-3)21-8-5-9-22(15-21)25-2;2*1-2;2-1(3)4/h4-9,11,14-15,18,24-25,27H,3,10,12-13,16-17H2,1-2H3;1-2H3;1-2H2;1H,4H2. The van der Waals surface area contributed by atoms with Crippen LogP contribution in [0.3, 0.4) is 0 Å². The Balaban J connectivity index is 0.000000767. The van der Waals surface area contributed by atoms with E-state index in [1.165, 1.54) is 22.3 Å². The van der Waals surface area contributed by atoms with Gasteiger partial charge in [0, 0.05) is 31.9 Å². The van der Waals surface area contributed by atoms with Crippen LogP contribution in [0.25, 0.3) is 5.57 Å². The molecule has 0 aromatic heterocycles. The van der Waals surface area contributed by atoms with Crippen molar-refractivity contribution < 1.29 is 8.78 Å². The number of nitrogens with zero attached hydrogens (tertiary/aromatic N) is 3. The van der Waals surface area contributed by atoms with Crippen LogP contribution in [0.4, 0.5) is 14.5 Å². The first kappa shape index (κ1) is 32.1. The Morgan fingerprint density at radius 2 is 1.78 bits per heavy atom. The number of nitrogens with two attached hydrogens (primary N) is 1. The van der Waals surface area contributed by atoms with Gasteiger partial charge in [-0.05, 0) is 54.5 Å². The van der Waals surface area contributed by atoms with Gasteiger partial charge in [-0.3, -0.25) is 25.8 Å². The van der Waals surface area contributed by atoms with Crippen LogP contribution in [0.1, 0.15) is 43.6 Å². The lowest BCUT2D eigenvalue weighted by molar-refractivity contribution is 0.141. The van der Waals surface area contributed by atoms with Gasteiger partial charge in [0.05, 0.1) is 13.3 Å². The molecule has 2 unspecified atom stereocenters. The average Bonchev–Trinajstić information content (AvgIpc) is 3.27. The topological polar surface area (TPSA) is 68.9 Å². The van der Waals surface area contributed by atoms with Crippen molar-refractivity contribution in [2.75, 3.05) is 38.8 Å². The zero-order valence-electron chi connectivity index (χ0n) is 22.8. The zero-order valence-corrected chi connectivity index (χ0v) is 22.8. The lowest BCUT2D eigenvalue weighted by atomic mass is 9.97. The first-order valence-electron chi connectivity index (χ1n) is 12.7. The number of anilines is 1. The molecule has 0 radical (unpaired) electrons. The van der Waals surface area contributed by atoms with Gasteiger partial charge in [-0.2, -0.15) is 8.78 Å². The first-order chi connectivity index (χ1) is 17.9. The molecule has 0 bridgehead atoms. The molecule has 2 aromatic carbocycles. The summed E-state index contributed by atoms with van der Waals surface area (Å²) < 4.78 is 20.2. The molecule has 2 atom stereocenters. The summed E-state index contributed by atoms with van der Waals surface area (Å²) in [5.74, 6) is 0. The van der Waals surface area contributed by atoms with Gasteiger partial charge in [0.2, 0.25) is 0 Å². The molecule has 1 saturated heterocycles. The third-order valence-electron chi connectivity index (χ3n) is 6.08. The van der Waals surface area contributed by atoms with E-state index < -0.39 is 6.55 Å². The van der Waals surface area contributed by atoms with Crippen LogP contribution < -0.4 is 16.4 Å². The molecule has 2 aliphatic heterocycles. The fourth-order valence-electron chi connectivity index (χ4n) is 4.26. The van der Waals surface area contributed by atoms with Crippen molar-refractivity contribution in [2.24, 2.45) is 10.7 Å². The Labute approximate surface area is 222 Å². The molecule has 4 N–H and O–H groups in total. The minimum Gasteiger partial charge on any atom is -0.388 e. The summed E-state index contributed by atoms with van der Waals surface area (Å²) in [5, 5.41) is 6.51. The fourth-order valence-corrected chi connectivity index (χ4v) is 4.26. The summed E-state index contributed by atoms with van der Waals surface area (Å²) in [6, 6.07) is 17.8. The van der Waals surface area contributed by atoms with Gasteiger partial charge in [0.15, 0.2) is 0 Å². The molecule has 4 rings (SSSR count). The van der Waals surface area contributed by atoms with Gasteiger partial charge in [0.1, 0.15) is 6.17 Å². The maximum atomic E-state index is 10.1. The molecule has 0 aliphatic carbocycles. The highest BCUT2D eigenvalue weighted by molar-refractivity contribution is 5.72. The second-order valence-corrected chi connectivity index (χ2v) is 8.21. The van der Waals surface area contributed by atoms with E-state index in [0.29, 0.717) is 6.04 Å². The number of nitrogens with one attached hydrogen (secondary N) is 2. The molecule has 2 aliphatic rings. The summed E-state index contributed by atoms with van der Waals surface area (Å²) in [7, 11) is 1.94. The van der Waals surface area contributed by atoms with E-state index >= 15 is 0 Å². The Bertz CT molecular complexity index is 958. The summed E-state index contributed by atoms with van der Waals surface area (Å²) >= 11 is 0. The maximum Gasteiger partial charge on any atom is 0.289 e. The maximum absolute atomic E-state index is 10.1. The van der Waals surface area contributed by atoms with E-state index in [0.717, 1.165) is 38.5 Å². The van der Waals surface area contributed by atoms with E-state index in [1.807, 2.05) is 20.9 Å². The molecular formula is C29H44F2N6. The molecule has 1 fully saturated rings. The summed E-state index contributed by atoms with van der Waals surface area (Å²) in [4.78, 5) is 9.31. The Morgan fingerprint density at radius 1 is 1.14 bits per heavy atom. The van der Waals surface area contributed by atoms with E-state index in [4.69, 9.17) is 0 Å². The number of aliphatic imine (C=N–C) groups is 1. The highest BCUT2D eigenvalue weighted by Gasteiger charge is 2.30.